The lowest BCUT2D eigenvalue weighted by Gasteiger charge is -2.35. The molecule has 2 heteroatoms. The average Bonchev–Trinajstić information content (AvgIpc) is 3.32. The topological polar surface area (TPSA) is 26.0 Å². The number of furan rings is 1. The summed E-state index contributed by atoms with van der Waals surface area (Å²) < 4.78 is 6.65. The molecule has 0 amide bonds. The quantitative estimate of drug-likeness (QED) is 0.262. The van der Waals surface area contributed by atoms with E-state index < -0.39 is 0 Å². The van der Waals surface area contributed by atoms with E-state index in [-0.39, 0.29) is 5.41 Å². The fourth-order valence-electron chi connectivity index (χ4n) is 6.72. The van der Waals surface area contributed by atoms with Crippen LogP contribution in [0, 0.1) is 18.8 Å². The molecular formula is C33H33NO. The second kappa shape index (κ2) is 8.09. The van der Waals surface area contributed by atoms with Crippen molar-refractivity contribution in [2.45, 2.75) is 52.9 Å². The van der Waals surface area contributed by atoms with Gasteiger partial charge in [-0.3, -0.25) is 4.98 Å². The smallest absolute Gasteiger partial charge is 0.145 e. The minimum Gasteiger partial charge on any atom is -0.455 e. The summed E-state index contributed by atoms with van der Waals surface area (Å²) in [5.74, 6) is 1.20. The number of aryl methyl sites for hydroxylation is 1. The molecule has 0 unspecified atom stereocenters. The van der Waals surface area contributed by atoms with Crippen molar-refractivity contribution < 1.29 is 4.42 Å². The normalized spacial score (nSPS) is 14.3. The molecule has 0 radical (unpaired) electrons. The number of rotatable bonds is 5. The monoisotopic (exact) mass is 459 g/mol. The molecule has 1 aliphatic carbocycles. The third-order valence-electron chi connectivity index (χ3n) is 7.68. The van der Waals surface area contributed by atoms with Crippen LogP contribution in [0.25, 0.3) is 44.3 Å². The zero-order chi connectivity index (χ0) is 24.3. The van der Waals surface area contributed by atoms with E-state index in [0.717, 1.165) is 35.3 Å². The molecule has 2 aromatic heterocycles. The van der Waals surface area contributed by atoms with Gasteiger partial charge in [-0.15, -0.1) is 0 Å². The Kier molecular flexibility index (Phi) is 5.11. The van der Waals surface area contributed by atoms with E-state index in [2.05, 4.69) is 94.2 Å². The molecule has 0 saturated carbocycles. The summed E-state index contributed by atoms with van der Waals surface area (Å²) in [5, 5.41) is 2.43. The molecular weight excluding hydrogens is 426 g/mol. The molecule has 0 aliphatic heterocycles. The molecule has 5 aromatic rings. The number of nitrogens with zero attached hydrogens (tertiary/aromatic N) is 1. The van der Waals surface area contributed by atoms with Gasteiger partial charge in [-0.2, -0.15) is 0 Å². The zero-order valence-corrected chi connectivity index (χ0v) is 21.4. The molecule has 1 aliphatic rings. The molecule has 0 N–H and O–H groups in total. The first-order chi connectivity index (χ1) is 16.9. The van der Waals surface area contributed by atoms with E-state index in [1.165, 1.54) is 38.6 Å². The van der Waals surface area contributed by atoms with Crippen molar-refractivity contribution in [2.24, 2.45) is 11.8 Å². The van der Waals surface area contributed by atoms with Crippen LogP contribution in [0.5, 0.6) is 0 Å². The van der Waals surface area contributed by atoms with Crippen LogP contribution in [0.2, 0.25) is 0 Å². The number of hydrogen-bond donors (Lipinski definition) is 0. The molecule has 2 heterocycles. The molecule has 0 bridgehead atoms. The largest absolute Gasteiger partial charge is 0.455 e. The standard InChI is InChI=1S/C33H33NO/c1-20(2)18-33(19-21(3)4)25-11-7-6-10-23(25)30-26(33)15-16-28-31(30)24-14-13-22(5)29(32(24)35-28)27-12-8-9-17-34-27/h6-17,20-21H,18-19H2,1-5H3. The highest BCUT2D eigenvalue weighted by atomic mass is 16.3. The molecule has 176 valence electrons. The maximum atomic E-state index is 6.65. The van der Waals surface area contributed by atoms with Crippen molar-refractivity contribution in [1.82, 2.24) is 4.98 Å². The number of aromatic nitrogens is 1. The van der Waals surface area contributed by atoms with Crippen LogP contribution in [0.1, 0.15) is 57.2 Å². The maximum absolute atomic E-state index is 6.65. The van der Waals surface area contributed by atoms with Crippen LogP contribution in [-0.4, -0.2) is 4.98 Å². The van der Waals surface area contributed by atoms with Gasteiger partial charge in [0.2, 0.25) is 0 Å². The first kappa shape index (κ1) is 22.1. The van der Waals surface area contributed by atoms with Gasteiger partial charge in [-0.25, -0.2) is 0 Å². The predicted octanol–water partition coefficient (Wildman–Crippen LogP) is 9.32. The van der Waals surface area contributed by atoms with Crippen molar-refractivity contribution in [3.05, 3.63) is 89.6 Å². The Morgan fingerprint density at radius 2 is 1.51 bits per heavy atom. The Hall–Kier alpha value is -3.39. The SMILES string of the molecule is Cc1ccc2c(oc3ccc4c(c32)-c2ccccc2C4(CC(C)C)CC(C)C)c1-c1ccccn1. The van der Waals surface area contributed by atoms with Crippen molar-refractivity contribution >= 4 is 21.9 Å². The van der Waals surface area contributed by atoms with Gasteiger partial charge in [0.25, 0.3) is 0 Å². The second-order valence-corrected chi connectivity index (χ2v) is 11.1. The fourth-order valence-corrected chi connectivity index (χ4v) is 6.72. The first-order valence-electron chi connectivity index (χ1n) is 12.9. The summed E-state index contributed by atoms with van der Waals surface area (Å²) >= 11 is 0. The summed E-state index contributed by atoms with van der Waals surface area (Å²) in [6.45, 7) is 11.6. The molecule has 0 saturated heterocycles. The molecule has 3 aromatic carbocycles. The van der Waals surface area contributed by atoms with Gasteiger partial charge < -0.3 is 4.42 Å². The number of hydrogen-bond acceptors (Lipinski definition) is 2. The molecule has 0 fully saturated rings. The van der Waals surface area contributed by atoms with Gasteiger partial charge in [0.15, 0.2) is 0 Å². The van der Waals surface area contributed by atoms with E-state index in [4.69, 9.17) is 4.42 Å². The van der Waals surface area contributed by atoms with Gasteiger partial charge in [0.1, 0.15) is 11.2 Å². The highest BCUT2D eigenvalue weighted by Gasteiger charge is 2.44. The Bertz CT molecular complexity index is 1550. The summed E-state index contributed by atoms with van der Waals surface area (Å²) in [4.78, 5) is 4.67. The van der Waals surface area contributed by atoms with Crippen molar-refractivity contribution in [1.29, 1.82) is 0 Å². The highest BCUT2D eigenvalue weighted by molar-refractivity contribution is 6.17. The average molecular weight is 460 g/mol. The van der Waals surface area contributed by atoms with Crippen LogP contribution in [-0.2, 0) is 5.41 Å². The third kappa shape index (κ3) is 3.26. The predicted molar refractivity (Wildman–Crippen MR) is 147 cm³/mol. The van der Waals surface area contributed by atoms with Crippen molar-refractivity contribution in [3.8, 4) is 22.4 Å². The lowest BCUT2D eigenvalue weighted by molar-refractivity contribution is 0.337. The molecule has 0 spiro atoms. The van der Waals surface area contributed by atoms with Gasteiger partial charge in [-0.1, -0.05) is 76.2 Å². The molecule has 0 atom stereocenters. The van der Waals surface area contributed by atoms with Gasteiger partial charge in [0, 0.05) is 27.9 Å². The minimum atomic E-state index is 0.0283. The third-order valence-corrected chi connectivity index (χ3v) is 7.68. The van der Waals surface area contributed by atoms with Gasteiger partial charge >= 0.3 is 0 Å². The van der Waals surface area contributed by atoms with Crippen molar-refractivity contribution in [3.63, 3.8) is 0 Å². The summed E-state index contributed by atoms with van der Waals surface area (Å²) in [5.41, 5.74) is 10.9. The lowest BCUT2D eigenvalue weighted by Crippen LogP contribution is -2.29. The summed E-state index contributed by atoms with van der Waals surface area (Å²) in [7, 11) is 0. The number of fused-ring (bicyclic) bond motifs is 7. The second-order valence-electron chi connectivity index (χ2n) is 11.1. The zero-order valence-electron chi connectivity index (χ0n) is 21.4. The number of benzene rings is 3. The Balaban J connectivity index is 1.73. The van der Waals surface area contributed by atoms with Crippen LogP contribution in [0.4, 0.5) is 0 Å². The molecule has 2 nitrogen and oxygen atoms in total. The van der Waals surface area contributed by atoms with Gasteiger partial charge in [0.05, 0.1) is 5.69 Å². The Morgan fingerprint density at radius 3 is 2.23 bits per heavy atom. The van der Waals surface area contributed by atoms with E-state index in [9.17, 15) is 0 Å². The van der Waals surface area contributed by atoms with E-state index in [1.807, 2.05) is 18.3 Å². The lowest BCUT2D eigenvalue weighted by atomic mass is 9.68. The fraction of sp³-hybridized carbons (Fsp3) is 0.303. The van der Waals surface area contributed by atoms with E-state index in [0.29, 0.717) is 11.8 Å². The Labute approximate surface area is 208 Å². The minimum absolute atomic E-state index is 0.0283. The summed E-state index contributed by atoms with van der Waals surface area (Å²) in [6.07, 6.45) is 4.15. The summed E-state index contributed by atoms with van der Waals surface area (Å²) in [6, 6.07) is 24.2. The van der Waals surface area contributed by atoms with Crippen molar-refractivity contribution in [2.75, 3.05) is 0 Å². The highest BCUT2D eigenvalue weighted by Crippen LogP contribution is 2.58. The molecule has 35 heavy (non-hydrogen) atoms. The van der Waals surface area contributed by atoms with Crippen LogP contribution < -0.4 is 0 Å². The Morgan fingerprint density at radius 1 is 0.771 bits per heavy atom. The van der Waals surface area contributed by atoms with E-state index >= 15 is 0 Å². The van der Waals surface area contributed by atoms with Gasteiger partial charge in [-0.05, 0) is 77.6 Å². The van der Waals surface area contributed by atoms with E-state index in [1.54, 1.807) is 0 Å². The first-order valence-corrected chi connectivity index (χ1v) is 12.9. The van der Waals surface area contributed by atoms with Crippen LogP contribution in [0.15, 0.2) is 77.3 Å². The number of pyridine rings is 1. The van der Waals surface area contributed by atoms with Crippen LogP contribution >= 0.6 is 0 Å². The molecule has 6 rings (SSSR count). The van der Waals surface area contributed by atoms with Crippen LogP contribution in [0.3, 0.4) is 0 Å². The maximum Gasteiger partial charge on any atom is 0.145 e.